The first-order valence-electron chi connectivity index (χ1n) is 9.82. The van der Waals surface area contributed by atoms with Gasteiger partial charge < -0.3 is 19.9 Å². The fraction of sp³-hybridized carbons (Fsp3) is 0.684. The predicted octanol–water partition coefficient (Wildman–Crippen LogP) is 2.88. The number of carbonyl (C=O) groups excluding carboxylic acids is 1. The number of aromatic nitrogens is 4. The van der Waals surface area contributed by atoms with E-state index in [0.717, 1.165) is 12.8 Å². The molecule has 3 rings (SSSR count). The van der Waals surface area contributed by atoms with Crippen molar-refractivity contribution in [1.82, 2.24) is 19.5 Å². The van der Waals surface area contributed by atoms with Crippen molar-refractivity contribution in [3.05, 3.63) is 6.33 Å². The van der Waals surface area contributed by atoms with Gasteiger partial charge in [-0.1, -0.05) is 27.7 Å². The quantitative estimate of drug-likeness (QED) is 0.745. The molecule has 2 atom stereocenters. The van der Waals surface area contributed by atoms with Crippen LogP contribution in [-0.4, -0.2) is 44.8 Å². The number of ether oxygens (including phenoxy) is 3. The number of nitrogens with two attached hydrogens (primary N) is 1. The highest BCUT2D eigenvalue weighted by molar-refractivity contribution is 5.77. The van der Waals surface area contributed by atoms with Crippen LogP contribution in [0.25, 0.3) is 11.2 Å². The van der Waals surface area contributed by atoms with Gasteiger partial charge in [-0.25, -0.2) is 4.98 Å². The molecule has 1 saturated heterocycles. The molecule has 9 nitrogen and oxygen atoms in total. The number of nitrogens with zero attached hydrogens (tertiary/aromatic N) is 4. The number of hydrogen-bond acceptors (Lipinski definition) is 8. The van der Waals surface area contributed by atoms with E-state index in [-0.39, 0.29) is 30.5 Å². The third-order valence-electron chi connectivity index (χ3n) is 4.41. The van der Waals surface area contributed by atoms with E-state index < -0.39 is 5.72 Å². The number of hydrogen-bond donors (Lipinski definition) is 1. The van der Waals surface area contributed by atoms with Crippen molar-refractivity contribution < 1.29 is 19.0 Å². The molecule has 0 saturated carbocycles. The van der Waals surface area contributed by atoms with Gasteiger partial charge in [0.15, 0.2) is 11.2 Å². The fourth-order valence-electron chi connectivity index (χ4n) is 3.02. The Morgan fingerprint density at radius 1 is 1.43 bits per heavy atom. The molecule has 1 aliphatic rings. The summed E-state index contributed by atoms with van der Waals surface area (Å²) >= 11 is 0. The number of nitrogen functional groups attached to an aromatic ring is 1. The average molecular weight is 393 g/mol. The van der Waals surface area contributed by atoms with Crippen LogP contribution in [0.1, 0.15) is 54.4 Å². The van der Waals surface area contributed by atoms with E-state index in [1.54, 1.807) is 20.2 Å². The largest absolute Gasteiger partial charge is 0.476 e. The van der Waals surface area contributed by atoms with Crippen LogP contribution in [0.15, 0.2) is 6.33 Å². The lowest BCUT2D eigenvalue weighted by atomic mass is 10.1. The highest BCUT2D eigenvalue weighted by atomic mass is 16.6. The first kappa shape index (κ1) is 21.9. The molecule has 156 valence electrons. The maximum atomic E-state index is 11.7. The minimum Gasteiger partial charge on any atom is -0.476 e. The molecule has 2 aromatic rings. The van der Waals surface area contributed by atoms with Crippen LogP contribution >= 0.6 is 0 Å². The zero-order valence-corrected chi connectivity index (χ0v) is 17.6. The molecule has 2 aromatic heterocycles. The smallest absolute Gasteiger partial charge is 0.308 e. The molecule has 0 spiro atoms. The van der Waals surface area contributed by atoms with Crippen LogP contribution in [-0.2, 0) is 20.0 Å². The van der Waals surface area contributed by atoms with Crippen molar-refractivity contribution in [3.63, 3.8) is 0 Å². The Labute approximate surface area is 165 Å². The van der Waals surface area contributed by atoms with Crippen LogP contribution in [0.5, 0.6) is 5.88 Å². The minimum atomic E-state index is -0.659. The van der Waals surface area contributed by atoms with E-state index >= 15 is 0 Å². The molecule has 0 amide bonds. The third kappa shape index (κ3) is 4.52. The van der Waals surface area contributed by atoms with E-state index in [4.69, 9.17) is 19.9 Å². The van der Waals surface area contributed by atoms with E-state index in [1.165, 1.54) is 0 Å². The Hall–Kier alpha value is -2.42. The highest BCUT2D eigenvalue weighted by Crippen LogP contribution is 2.37. The second-order valence-electron chi connectivity index (χ2n) is 6.85. The molecule has 28 heavy (non-hydrogen) atoms. The summed E-state index contributed by atoms with van der Waals surface area (Å²) in [6.07, 6.45) is 2.98. The molecule has 1 unspecified atom stereocenters. The Kier molecular flexibility index (Phi) is 7.17. The molecule has 1 fully saturated rings. The van der Waals surface area contributed by atoms with Crippen LogP contribution in [0.3, 0.4) is 0 Å². The summed E-state index contributed by atoms with van der Waals surface area (Å²) in [5, 5.41) is 0. The third-order valence-corrected chi connectivity index (χ3v) is 4.41. The number of fused-ring (bicyclic) bond motifs is 1. The Morgan fingerprint density at radius 3 is 2.79 bits per heavy atom. The zero-order valence-electron chi connectivity index (χ0n) is 17.6. The first-order chi connectivity index (χ1) is 13.3. The summed E-state index contributed by atoms with van der Waals surface area (Å²) in [6, 6.07) is 0. The normalized spacial score (nSPS) is 21.5. The van der Waals surface area contributed by atoms with Crippen molar-refractivity contribution >= 4 is 23.1 Å². The molecule has 9 heteroatoms. The Balaban J connectivity index is 0.00000136. The van der Waals surface area contributed by atoms with Gasteiger partial charge in [0.25, 0.3) is 0 Å². The van der Waals surface area contributed by atoms with E-state index in [0.29, 0.717) is 23.7 Å². The van der Waals surface area contributed by atoms with E-state index in [9.17, 15) is 4.79 Å². The maximum absolute atomic E-state index is 11.7. The van der Waals surface area contributed by atoms with Gasteiger partial charge in [0.2, 0.25) is 11.8 Å². The maximum Gasteiger partial charge on any atom is 0.308 e. The summed E-state index contributed by atoms with van der Waals surface area (Å²) in [5.41, 5.74) is 6.26. The van der Waals surface area contributed by atoms with Gasteiger partial charge in [-0.2, -0.15) is 9.97 Å². The number of anilines is 1. The lowest BCUT2D eigenvalue weighted by molar-refractivity contribution is -0.156. The number of esters is 1. The molecule has 1 aliphatic heterocycles. The lowest BCUT2D eigenvalue weighted by Crippen LogP contribution is -2.31. The van der Waals surface area contributed by atoms with Crippen LogP contribution in [0.2, 0.25) is 0 Å². The zero-order chi connectivity index (χ0) is 20.9. The van der Waals surface area contributed by atoms with Gasteiger partial charge in [0.05, 0.1) is 25.0 Å². The summed E-state index contributed by atoms with van der Waals surface area (Å²) in [5.74, 6) is 0.0960. The number of carbonyl (C=O) groups is 1. The molecule has 0 bridgehead atoms. The topological polar surface area (TPSA) is 114 Å². The van der Waals surface area contributed by atoms with Gasteiger partial charge in [-0.3, -0.25) is 9.36 Å². The van der Waals surface area contributed by atoms with Crippen LogP contribution in [0, 0.1) is 5.92 Å². The monoisotopic (exact) mass is 393 g/mol. The van der Waals surface area contributed by atoms with E-state index in [1.807, 2.05) is 32.3 Å². The SMILES string of the molecule is CC.CCOc1nc(N)nc2c1ncn2[C@@]1(C)CCC(COC(=O)C(C)C)O1. The molecular formula is C19H31N5O4. The summed E-state index contributed by atoms with van der Waals surface area (Å²) in [7, 11) is 0. The molecule has 3 heterocycles. The van der Waals surface area contributed by atoms with Gasteiger partial charge in [-0.05, 0) is 26.7 Å². The van der Waals surface area contributed by atoms with Crippen molar-refractivity contribution in [2.75, 3.05) is 18.9 Å². The molecule has 0 aromatic carbocycles. The highest BCUT2D eigenvalue weighted by Gasteiger charge is 2.39. The first-order valence-corrected chi connectivity index (χ1v) is 9.82. The average Bonchev–Trinajstić information content (AvgIpc) is 3.26. The fourth-order valence-corrected chi connectivity index (χ4v) is 3.02. The van der Waals surface area contributed by atoms with Gasteiger partial charge >= 0.3 is 5.97 Å². The standard InChI is InChI=1S/C17H25N5O4.C2H6/c1-5-24-14-12-13(20-16(18)21-14)22(9-19-12)17(4)7-6-11(26-17)8-25-15(23)10(2)3;1-2/h9-11H,5-8H2,1-4H3,(H2,18,20,21);1-2H3/t11?,17-;/m1./s1. The van der Waals surface area contributed by atoms with Crippen molar-refractivity contribution in [1.29, 1.82) is 0 Å². The number of imidazole rings is 1. The minimum absolute atomic E-state index is 0.117. The van der Waals surface area contributed by atoms with Gasteiger partial charge in [0.1, 0.15) is 12.3 Å². The number of rotatable bonds is 6. The van der Waals surface area contributed by atoms with Crippen molar-refractivity contribution in [3.8, 4) is 5.88 Å². The van der Waals surface area contributed by atoms with Crippen LogP contribution in [0.4, 0.5) is 5.95 Å². The molecular weight excluding hydrogens is 362 g/mol. The predicted molar refractivity (Wildman–Crippen MR) is 106 cm³/mol. The molecule has 0 radical (unpaired) electrons. The summed E-state index contributed by atoms with van der Waals surface area (Å²) < 4.78 is 18.8. The second-order valence-corrected chi connectivity index (χ2v) is 6.85. The summed E-state index contributed by atoms with van der Waals surface area (Å²) in [6.45, 7) is 12.1. The lowest BCUT2D eigenvalue weighted by Gasteiger charge is -2.27. The second kappa shape index (κ2) is 9.18. The molecule has 0 aliphatic carbocycles. The summed E-state index contributed by atoms with van der Waals surface area (Å²) in [4.78, 5) is 24.5. The van der Waals surface area contributed by atoms with E-state index in [2.05, 4.69) is 15.0 Å². The van der Waals surface area contributed by atoms with Crippen molar-refractivity contribution in [2.24, 2.45) is 5.92 Å². The van der Waals surface area contributed by atoms with Gasteiger partial charge in [-0.15, -0.1) is 0 Å². The van der Waals surface area contributed by atoms with Gasteiger partial charge in [0, 0.05) is 0 Å². The molecule has 2 N–H and O–H groups in total. The Bertz CT molecular complexity index is 807. The Morgan fingerprint density at radius 2 is 2.14 bits per heavy atom. The van der Waals surface area contributed by atoms with Crippen LogP contribution < -0.4 is 10.5 Å². The van der Waals surface area contributed by atoms with Crippen molar-refractivity contribution in [2.45, 2.75) is 66.2 Å².